The fourth-order valence-corrected chi connectivity index (χ4v) is 6.98. The average molecular weight is 693 g/mol. The van der Waals surface area contributed by atoms with Crippen molar-refractivity contribution in [3.05, 3.63) is 129 Å². The van der Waals surface area contributed by atoms with Gasteiger partial charge in [-0.05, 0) is 64.6 Å². The number of aliphatic hydroxyl groups is 1. The van der Waals surface area contributed by atoms with Crippen LogP contribution in [0.25, 0.3) is 0 Å². The molecule has 4 aromatic carbocycles. The van der Waals surface area contributed by atoms with Gasteiger partial charge in [-0.3, -0.25) is 9.69 Å². The van der Waals surface area contributed by atoms with Crippen molar-refractivity contribution in [2.45, 2.75) is 51.5 Å². The quantitative estimate of drug-likeness (QED) is 0.167. The number of hydrogen-bond acceptors (Lipinski definition) is 10. The average Bonchev–Trinajstić information content (AvgIpc) is 3.45. The van der Waals surface area contributed by atoms with Gasteiger partial charge >= 0.3 is 11.9 Å². The maximum Gasteiger partial charge on any atom is 0.346 e. The predicted molar refractivity (Wildman–Crippen MR) is 185 cm³/mol. The highest BCUT2D eigenvalue weighted by atomic mass is 16.7. The maximum absolute atomic E-state index is 12.9. The summed E-state index contributed by atoms with van der Waals surface area (Å²) in [5, 5.41) is 12.5. The first kappa shape index (κ1) is 34.4. The molecule has 0 radical (unpaired) electrons. The Bertz CT molecular complexity index is 1940. The van der Waals surface area contributed by atoms with Gasteiger partial charge < -0.3 is 34.1 Å². The highest BCUT2D eigenvalue weighted by Crippen LogP contribution is 2.42. The van der Waals surface area contributed by atoms with Crippen molar-refractivity contribution < 1.29 is 43.2 Å². The van der Waals surface area contributed by atoms with E-state index in [1.165, 1.54) is 29.3 Å². The number of aliphatic hydroxyl groups excluding tert-OH is 1. The molecule has 3 aliphatic rings. The second-order valence-electron chi connectivity index (χ2n) is 13.1. The fraction of sp³-hybridized carbons (Fsp3) is 0.325. The molecule has 0 spiro atoms. The van der Waals surface area contributed by atoms with Gasteiger partial charge in [-0.25, -0.2) is 9.59 Å². The minimum Gasteiger partial charge on any atom is -0.493 e. The van der Waals surface area contributed by atoms with Gasteiger partial charge in [0.1, 0.15) is 0 Å². The van der Waals surface area contributed by atoms with Crippen LogP contribution < -0.4 is 14.8 Å². The molecular formula is C40H40N2O9. The van der Waals surface area contributed by atoms with Crippen LogP contribution >= 0.6 is 0 Å². The van der Waals surface area contributed by atoms with Gasteiger partial charge in [-0.2, -0.15) is 0 Å². The third-order valence-corrected chi connectivity index (χ3v) is 9.97. The summed E-state index contributed by atoms with van der Waals surface area (Å²) in [6.07, 6.45) is -0.138. The van der Waals surface area contributed by atoms with Crippen LogP contribution in [0.15, 0.2) is 78.9 Å². The third kappa shape index (κ3) is 7.11. The third-order valence-electron chi connectivity index (χ3n) is 9.97. The first-order valence-corrected chi connectivity index (χ1v) is 17.0. The molecule has 0 saturated carbocycles. The highest BCUT2D eigenvalue weighted by Gasteiger charge is 2.39. The second kappa shape index (κ2) is 14.7. The predicted octanol–water partition coefficient (Wildman–Crippen LogP) is 5.29. The number of benzene rings is 4. The summed E-state index contributed by atoms with van der Waals surface area (Å²) in [6, 6.07) is 24.0. The minimum absolute atomic E-state index is 0.0292. The van der Waals surface area contributed by atoms with E-state index in [1.807, 2.05) is 48.5 Å². The molecule has 264 valence electrons. The lowest BCUT2D eigenvalue weighted by molar-refractivity contribution is -0.276. The zero-order chi connectivity index (χ0) is 35.6. The molecule has 0 bridgehead atoms. The number of carbonyl (C=O) groups excluding carboxylic acids is 3. The Morgan fingerprint density at radius 2 is 1.51 bits per heavy atom. The summed E-state index contributed by atoms with van der Waals surface area (Å²) in [5.74, 6) is -0.352. The van der Waals surface area contributed by atoms with E-state index in [2.05, 4.69) is 34.0 Å². The first-order valence-electron chi connectivity index (χ1n) is 17.0. The molecule has 51 heavy (non-hydrogen) atoms. The molecule has 4 atom stereocenters. The Morgan fingerprint density at radius 1 is 0.843 bits per heavy atom. The number of nitrogens with zero attached hydrogens (tertiary/aromatic N) is 1. The van der Waals surface area contributed by atoms with E-state index in [-0.39, 0.29) is 53.9 Å². The van der Waals surface area contributed by atoms with Crippen molar-refractivity contribution >= 4 is 17.8 Å². The van der Waals surface area contributed by atoms with Crippen molar-refractivity contribution in [2.75, 3.05) is 27.3 Å². The van der Waals surface area contributed by atoms with E-state index in [4.69, 9.17) is 18.9 Å². The van der Waals surface area contributed by atoms with Gasteiger partial charge in [-0.1, -0.05) is 55.5 Å². The van der Waals surface area contributed by atoms with Gasteiger partial charge in [0.15, 0.2) is 17.8 Å². The van der Waals surface area contributed by atoms with Gasteiger partial charge in [0.05, 0.1) is 44.2 Å². The fourth-order valence-electron chi connectivity index (χ4n) is 6.98. The molecule has 1 unspecified atom stereocenters. The molecule has 0 aromatic heterocycles. The van der Waals surface area contributed by atoms with E-state index in [9.17, 15) is 19.5 Å². The lowest BCUT2D eigenvalue weighted by Gasteiger charge is -2.43. The summed E-state index contributed by atoms with van der Waals surface area (Å²) in [6.45, 7) is 4.73. The lowest BCUT2D eigenvalue weighted by atomic mass is 9.89. The van der Waals surface area contributed by atoms with Crippen molar-refractivity contribution in [3.8, 4) is 11.5 Å². The monoisotopic (exact) mass is 692 g/mol. The molecule has 0 aliphatic carbocycles. The normalized spacial score (nSPS) is 21.4. The number of fused-ring (bicyclic) bond motifs is 2. The molecular weight excluding hydrogens is 652 g/mol. The number of cyclic esters (lactones) is 2. The summed E-state index contributed by atoms with van der Waals surface area (Å²) in [5.41, 5.74) is 6.53. The first-order chi connectivity index (χ1) is 24.7. The van der Waals surface area contributed by atoms with Crippen molar-refractivity contribution in [1.82, 2.24) is 10.2 Å². The SMILES string of the molecule is COc1cc2c(cc1OC)CN(C[C@H]1OC(c3ccc(CNC(=O)c4ccc5c(c4)C(=O)OC5=O)cc3)O[C@@H](c3ccc(CO)cc3)[C@H]1C)CC2. The second-order valence-corrected chi connectivity index (χ2v) is 13.1. The summed E-state index contributed by atoms with van der Waals surface area (Å²) < 4.78 is 29.1. The Labute approximate surface area is 296 Å². The molecule has 2 N–H and O–H groups in total. The molecule has 4 aromatic rings. The Morgan fingerprint density at radius 3 is 2.22 bits per heavy atom. The van der Waals surface area contributed by atoms with Gasteiger partial charge in [0.2, 0.25) is 0 Å². The van der Waals surface area contributed by atoms with Crippen LogP contribution in [0, 0.1) is 5.92 Å². The van der Waals surface area contributed by atoms with Crippen molar-refractivity contribution in [3.63, 3.8) is 0 Å². The molecule has 3 aliphatic heterocycles. The Kier molecular flexibility index (Phi) is 9.88. The van der Waals surface area contributed by atoms with Gasteiger partial charge in [-0.15, -0.1) is 0 Å². The van der Waals surface area contributed by atoms with Crippen LogP contribution in [0.4, 0.5) is 0 Å². The summed E-state index contributed by atoms with van der Waals surface area (Å²) in [7, 11) is 3.31. The number of rotatable bonds is 10. The lowest BCUT2D eigenvalue weighted by Crippen LogP contribution is -2.45. The van der Waals surface area contributed by atoms with E-state index in [0.29, 0.717) is 6.54 Å². The topological polar surface area (TPSA) is 133 Å². The zero-order valence-corrected chi connectivity index (χ0v) is 28.7. The summed E-state index contributed by atoms with van der Waals surface area (Å²) in [4.78, 5) is 39.0. The van der Waals surface area contributed by atoms with Crippen LogP contribution in [0.3, 0.4) is 0 Å². The number of esters is 2. The number of nitrogens with one attached hydrogen (secondary N) is 1. The van der Waals surface area contributed by atoms with E-state index in [1.54, 1.807) is 14.2 Å². The molecule has 1 amide bonds. The Balaban J connectivity index is 1.06. The summed E-state index contributed by atoms with van der Waals surface area (Å²) >= 11 is 0. The maximum atomic E-state index is 12.9. The smallest absolute Gasteiger partial charge is 0.346 e. The minimum atomic E-state index is -0.753. The van der Waals surface area contributed by atoms with Crippen molar-refractivity contribution in [2.24, 2.45) is 5.92 Å². The van der Waals surface area contributed by atoms with Crippen LogP contribution in [0.1, 0.15) is 83.8 Å². The van der Waals surface area contributed by atoms with Crippen LogP contribution in [0.5, 0.6) is 11.5 Å². The number of hydrogen-bond donors (Lipinski definition) is 2. The molecule has 7 rings (SSSR count). The molecule has 11 nitrogen and oxygen atoms in total. The molecule has 11 heteroatoms. The van der Waals surface area contributed by atoms with E-state index < -0.39 is 18.2 Å². The van der Waals surface area contributed by atoms with E-state index in [0.717, 1.165) is 53.3 Å². The van der Waals surface area contributed by atoms with Crippen molar-refractivity contribution in [1.29, 1.82) is 0 Å². The van der Waals surface area contributed by atoms with Crippen LogP contribution in [0.2, 0.25) is 0 Å². The number of amides is 1. The zero-order valence-electron chi connectivity index (χ0n) is 28.7. The van der Waals surface area contributed by atoms with Crippen LogP contribution in [-0.2, 0) is 40.3 Å². The van der Waals surface area contributed by atoms with E-state index >= 15 is 0 Å². The molecule has 1 saturated heterocycles. The number of methoxy groups -OCH3 is 2. The standard InChI is InChI=1S/C40H40N2O9/c1-23-35(21-42-15-14-28-17-33(47-2)34(48-3)18-30(28)20-42)49-40(50-36(23)26-8-6-25(22-43)7-9-26)27-10-4-24(5-11-27)19-41-37(44)29-12-13-31-32(16-29)39(46)51-38(31)45/h4-13,16-18,23,35-36,40,43H,14-15,19-22H2,1-3H3,(H,41,44)/t23-,35+,36+,40?/m0/s1. The number of ether oxygens (including phenoxy) is 5. The Hall–Kier alpha value is -5.07. The van der Waals surface area contributed by atoms with Gasteiger partial charge in [0.25, 0.3) is 5.91 Å². The molecule has 1 fully saturated rings. The van der Waals surface area contributed by atoms with Crippen LogP contribution in [-0.4, -0.2) is 61.3 Å². The molecule has 3 heterocycles. The largest absolute Gasteiger partial charge is 0.493 e. The number of carbonyl (C=O) groups is 3. The van der Waals surface area contributed by atoms with Gasteiger partial charge in [0, 0.05) is 43.2 Å². The highest BCUT2D eigenvalue weighted by molar-refractivity contribution is 6.15.